The highest BCUT2D eigenvalue weighted by Gasteiger charge is 2.12. The van der Waals surface area contributed by atoms with Crippen LogP contribution in [0.1, 0.15) is 16.8 Å². The molecule has 2 N–H and O–H groups in total. The summed E-state index contributed by atoms with van der Waals surface area (Å²) in [5.74, 6) is -0.137. The van der Waals surface area contributed by atoms with Gasteiger partial charge in [0.25, 0.3) is 0 Å². The predicted molar refractivity (Wildman–Crippen MR) is 77.6 cm³/mol. The maximum absolute atomic E-state index is 12.1. The number of aryl methyl sites for hydroxylation is 1. The van der Waals surface area contributed by atoms with Crippen molar-refractivity contribution in [2.45, 2.75) is 19.3 Å². The normalized spacial score (nSPS) is 11.3. The number of hydrogen-bond donors (Lipinski definition) is 2. The molecule has 0 atom stereocenters. The number of aliphatic hydroxyl groups is 1. The van der Waals surface area contributed by atoms with Gasteiger partial charge in [-0.05, 0) is 30.2 Å². The first-order chi connectivity index (χ1) is 9.48. The molecule has 0 radical (unpaired) electrons. The van der Waals surface area contributed by atoms with Crippen molar-refractivity contribution in [1.29, 1.82) is 0 Å². The fourth-order valence-corrected chi connectivity index (χ4v) is 3.04. The van der Waals surface area contributed by atoms with Crippen LogP contribution in [0.15, 0.2) is 42.6 Å². The number of nitrogens with zero attached hydrogens (tertiary/aromatic N) is 1. The van der Waals surface area contributed by atoms with Gasteiger partial charge in [-0.25, -0.2) is 8.42 Å². The maximum Gasteiger partial charge on any atom is 0.236 e. The van der Waals surface area contributed by atoms with Gasteiger partial charge < -0.3 is 5.11 Å². The fourth-order valence-electron chi connectivity index (χ4n) is 1.86. The quantitative estimate of drug-likeness (QED) is 0.881. The van der Waals surface area contributed by atoms with Crippen LogP contribution in [-0.2, 0) is 22.4 Å². The predicted octanol–water partition coefficient (Wildman–Crippen LogP) is 1.82. The summed E-state index contributed by atoms with van der Waals surface area (Å²) >= 11 is 0. The van der Waals surface area contributed by atoms with E-state index in [9.17, 15) is 8.42 Å². The lowest BCUT2D eigenvalue weighted by Gasteiger charge is -2.09. The minimum absolute atomic E-state index is 0.106. The molecule has 0 aliphatic rings. The van der Waals surface area contributed by atoms with Gasteiger partial charge in [-0.15, -0.1) is 0 Å². The van der Waals surface area contributed by atoms with Crippen molar-refractivity contribution in [3.05, 3.63) is 59.4 Å². The Balaban J connectivity index is 2.14. The first-order valence-electron chi connectivity index (χ1n) is 6.10. The van der Waals surface area contributed by atoms with E-state index in [1.54, 1.807) is 49.5 Å². The van der Waals surface area contributed by atoms with Crippen LogP contribution in [0.5, 0.6) is 0 Å². The summed E-state index contributed by atoms with van der Waals surface area (Å²) in [4.78, 5) is 4.01. The summed E-state index contributed by atoms with van der Waals surface area (Å²) in [5.41, 5.74) is 2.57. The number of aromatic nitrogens is 1. The summed E-state index contributed by atoms with van der Waals surface area (Å²) < 4.78 is 26.7. The van der Waals surface area contributed by atoms with Gasteiger partial charge >= 0.3 is 0 Å². The zero-order chi connectivity index (χ0) is 14.6. The molecule has 1 aromatic heterocycles. The van der Waals surface area contributed by atoms with E-state index in [4.69, 9.17) is 5.11 Å². The molecule has 0 aliphatic carbocycles. The van der Waals surface area contributed by atoms with Gasteiger partial charge in [-0.1, -0.05) is 24.3 Å². The second-order valence-electron chi connectivity index (χ2n) is 4.53. The molecule has 0 amide bonds. The van der Waals surface area contributed by atoms with Gasteiger partial charge in [0.1, 0.15) is 0 Å². The van der Waals surface area contributed by atoms with Crippen molar-refractivity contribution < 1.29 is 13.5 Å². The lowest BCUT2D eigenvalue weighted by Crippen LogP contribution is -2.15. The summed E-state index contributed by atoms with van der Waals surface area (Å²) in [6, 6.07) is 10.1. The van der Waals surface area contributed by atoms with Crippen LogP contribution in [-0.4, -0.2) is 18.5 Å². The molecule has 6 heteroatoms. The Morgan fingerprint density at radius 1 is 1.20 bits per heavy atom. The van der Waals surface area contributed by atoms with E-state index in [1.165, 1.54) is 0 Å². The number of rotatable bonds is 5. The SMILES string of the molecule is Cc1cc(NS(=O)(=O)Cc2cccc(CO)c2)ccn1. The second-order valence-corrected chi connectivity index (χ2v) is 6.25. The van der Waals surface area contributed by atoms with Gasteiger partial charge in [-0.3, -0.25) is 9.71 Å². The molecule has 0 fully saturated rings. The highest BCUT2D eigenvalue weighted by atomic mass is 32.2. The van der Waals surface area contributed by atoms with Gasteiger partial charge in [0, 0.05) is 11.9 Å². The molecule has 0 aliphatic heterocycles. The van der Waals surface area contributed by atoms with E-state index >= 15 is 0 Å². The number of hydrogen-bond acceptors (Lipinski definition) is 4. The van der Waals surface area contributed by atoms with Crippen LogP contribution < -0.4 is 4.72 Å². The van der Waals surface area contributed by atoms with E-state index in [0.29, 0.717) is 16.8 Å². The Hall–Kier alpha value is -1.92. The largest absolute Gasteiger partial charge is 0.392 e. The van der Waals surface area contributed by atoms with Gasteiger partial charge in [0.15, 0.2) is 0 Å². The van der Waals surface area contributed by atoms with Crippen molar-refractivity contribution in [1.82, 2.24) is 4.98 Å². The molecule has 0 spiro atoms. The van der Waals surface area contributed by atoms with E-state index in [2.05, 4.69) is 9.71 Å². The third-order valence-electron chi connectivity index (χ3n) is 2.70. The molecular weight excluding hydrogens is 276 g/mol. The number of sulfonamides is 1. The van der Waals surface area contributed by atoms with E-state index in [-0.39, 0.29) is 12.4 Å². The minimum Gasteiger partial charge on any atom is -0.392 e. The Bertz CT molecular complexity index is 699. The fraction of sp³-hybridized carbons (Fsp3) is 0.214. The smallest absolute Gasteiger partial charge is 0.236 e. The average molecular weight is 292 g/mol. The minimum atomic E-state index is -3.49. The van der Waals surface area contributed by atoms with Crippen molar-refractivity contribution in [2.75, 3.05) is 4.72 Å². The Kier molecular flexibility index (Phi) is 4.36. The summed E-state index contributed by atoms with van der Waals surface area (Å²) in [7, 11) is -3.49. The van der Waals surface area contributed by atoms with Crippen LogP contribution >= 0.6 is 0 Å². The van der Waals surface area contributed by atoms with Crippen LogP contribution in [0.3, 0.4) is 0 Å². The first kappa shape index (κ1) is 14.5. The van der Waals surface area contributed by atoms with E-state index in [0.717, 1.165) is 5.69 Å². The number of benzene rings is 1. The summed E-state index contributed by atoms with van der Waals surface area (Å²) in [5, 5.41) is 9.05. The van der Waals surface area contributed by atoms with Crippen LogP contribution in [0, 0.1) is 6.92 Å². The maximum atomic E-state index is 12.1. The van der Waals surface area contributed by atoms with Crippen LogP contribution in [0.4, 0.5) is 5.69 Å². The molecule has 0 bridgehead atoms. The third kappa shape index (κ3) is 4.04. The lowest BCUT2D eigenvalue weighted by molar-refractivity contribution is 0.282. The molecule has 0 unspecified atom stereocenters. The highest BCUT2D eigenvalue weighted by Crippen LogP contribution is 2.14. The van der Waals surface area contributed by atoms with E-state index in [1.807, 2.05) is 0 Å². The highest BCUT2D eigenvalue weighted by molar-refractivity contribution is 7.91. The Morgan fingerprint density at radius 3 is 2.65 bits per heavy atom. The molecule has 5 nitrogen and oxygen atoms in total. The standard InChI is InChI=1S/C14H16N2O3S/c1-11-7-14(5-6-15-11)16-20(18,19)10-13-4-2-3-12(8-13)9-17/h2-8,17H,9-10H2,1H3,(H,15,16). The van der Waals surface area contributed by atoms with Gasteiger partial charge in [0.05, 0.1) is 18.0 Å². The number of nitrogens with one attached hydrogen (secondary N) is 1. The first-order valence-corrected chi connectivity index (χ1v) is 7.75. The van der Waals surface area contributed by atoms with E-state index < -0.39 is 10.0 Å². The lowest BCUT2D eigenvalue weighted by atomic mass is 10.1. The van der Waals surface area contributed by atoms with Crippen molar-refractivity contribution in [2.24, 2.45) is 0 Å². The average Bonchev–Trinajstić information content (AvgIpc) is 2.37. The number of aliphatic hydroxyl groups excluding tert-OH is 1. The summed E-state index contributed by atoms with van der Waals surface area (Å²) in [6.45, 7) is 1.69. The Labute approximate surface area is 118 Å². The molecule has 106 valence electrons. The molecule has 2 aromatic rings. The van der Waals surface area contributed by atoms with Crippen molar-refractivity contribution in [3.63, 3.8) is 0 Å². The Morgan fingerprint density at radius 2 is 1.95 bits per heavy atom. The van der Waals surface area contributed by atoms with Crippen LogP contribution in [0.25, 0.3) is 0 Å². The number of pyridine rings is 1. The molecule has 0 saturated carbocycles. The zero-order valence-electron chi connectivity index (χ0n) is 11.1. The molecular formula is C14H16N2O3S. The number of anilines is 1. The van der Waals surface area contributed by atoms with Gasteiger partial charge in [0.2, 0.25) is 10.0 Å². The van der Waals surface area contributed by atoms with Gasteiger partial charge in [-0.2, -0.15) is 0 Å². The van der Waals surface area contributed by atoms with Crippen LogP contribution in [0.2, 0.25) is 0 Å². The molecule has 1 aromatic carbocycles. The molecule has 20 heavy (non-hydrogen) atoms. The molecule has 0 saturated heterocycles. The summed E-state index contributed by atoms with van der Waals surface area (Å²) in [6.07, 6.45) is 1.56. The molecule has 2 rings (SSSR count). The van der Waals surface area contributed by atoms with Crippen molar-refractivity contribution in [3.8, 4) is 0 Å². The third-order valence-corrected chi connectivity index (χ3v) is 3.96. The second kappa shape index (κ2) is 6.02. The zero-order valence-corrected chi connectivity index (χ0v) is 11.9. The molecule has 1 heterocycles. The monoisotopic (exact) mass is 292 g/mol. The topological polar surface area (TPSA) is 79.3 Å². The van der Waals surface area contributed by atoms with Crippen molar-refractivity contribution >= 4 is 15.7 Å².